The zero-order valence-corrected chi connectivity index (χ0v) is 14.9. The molecule has 0 bridgehead atoms. The molecule has 0 aliphatic heterocycles. The molecule has 0 radical (unpaired) electrons. The number of rotatable bonds is 10. The second-order valence-electron chi connectivity index (χ2n) is 6.00. The van der Waals surface area contributed by atoms with Gasteiger partial charge in [0.25, 0.3) is 0 Å². The molecule has 3 nitrogen and oxygen atoms in total. The molecule has 0 aromatic rings. The molecule has 0 N–H and O–H groups in total. The van der Waals surface area contributed by atoms with Crippen LogP contribution in [0.1, 0.15) is 40.5 Å². The van der Waals surface area contributed by atoms with E-state index in [1.54, 1.807) is 0 Å². The van der Waals surface area contributed by atoms with Gasteiger partial charge in [-0.25, -0.2) is 0 Å². The van der Waals surface area contributed by atoms with Crippen molar-refractivity contribution in [1.29, 1.82) is 0 Å². The van der Waals surface area contributed by atoms with Gasteiger partial charge in [0.2, 0.25) is 0 Å². The van der Waals surface area contributed by atoms with E-state index in [0.29, 0.717) is 26.1 Å². The third-order valence-corrected chi connectivity index (χ3v) is 3.56. The van der Waals surface area contributed by atoms with Crippen molar-refractivity contribution in [3.63, 3.8) is 0 Å². The van der Waals surface area contributed by atoms with Gasteiger partial charge in [0.05, 0.1) is 0 Å². The average Bonchev–Trinajstić information content (AvgIpc) is 2.46. The molecule has 0 aliphatic carbocycles. The second-order valence-corrected chi connectivity index (χ2v) is 6.97. The Morgan fingerprint density at radius 2 is 1.27 bits per heavy atom. The second kappa shape index (κ2) is 10.4. The van der Waals surface area contributed by atoms with E-state index in [0.717, 1.165) is 0 Å². The summed E-state index contributed by atoms with van der Waals surface area (Å²) in [6, 6.07) is 0. The van der Waals surface area contributed by atoms with Crippen molar-refractivity contribution in [3.05, 3.63) is 24.3 Å². The number of terminal acetylenes is 2. The summed E-state index contributed by atoms with van der Waals surface area (Å²) in [5.41, 5.74) is -0.533. The zero-order valence-electron chi connectivity index (χ0n) is 14.0. The topological polar surface area (TPSA) is 35.5 Å². The Morgan fingerprint density at radius 3 is 1.59 bits per heavy atom. The molecule has 0 aromatic carbocycles. The monoisotopic (exact) mass is 321 g/mol. The molecule has 0 saturated carbocycles. The van der Waals surface area contributed by atoms with E-state index in [9.17, 15) is 4.57 Å². The van der Waals surface area contributed by atoms with Crippen LogP contribution in [0, 0.1) is 35.5 Å². The Balaban J connectivity index is 3.77. The molecule has 0 aromatic heterocycles. The smallest absolute Gasteiger partial charge is 0.119 e. The highest BCUT2D eigenvalue weighted by atomic mass is 31.1. The fourth-order valence-electron chi connectivity index (χ4n) is 1.28. The molecule has 0 rings (SSSR count). The molecule has 0 heterocycles. The molecular weight excluding hydrogens is 295 g/mol. The summed E-state index contributed by atoms with van der Waals surface area (Å²) in [4.78, 5) is 0. The summed E-state index contributed by atoms with van der Waals surface area (Å²) in [6.45, 7) is 8.47. The van der Waals surface area contributed by atoms with Gasteiger partial charge >= 0.3 is 8.25 Å². The minimum atomic E-state index is -2.08. The Labute approximate surface area is 136 Å². The molecule has 0 unspecified atom stereocenters. The van der Waals surface area contributed by atoms with E-state index in [-0.39, 0.29) is 10.8 Å². The van der Waals surface area contributed by atoms with Crippen molar-refractivity contribution in [3.8, 4) is 24.7 Å². The van der Waals surface area contributed by atoms with E-state index in [1.165, 1.54) is 0 Å². The first-order valence-electron chi connectivity index (χ1n) is 7.26. The number of hydrogen-bond donors (Lipinski definition) is 0. The van der Waals surface area contributed by atoms with Gasteiger partial charge in [-0.15, -0.1) is 21.9 Å². The van der Waals surface area contributed by atoms with Crippen molar-refractivity contribution in [2.45, 2.75) is 40.5 Å². The molecule has 0 aliphatic rings. The lowest BCUT2D eigenvalue weighted by Crippen LogP contribution is -2.02. The summed E-state index contributed by atoms with van der Waals surface area (Å²) in [7, 11) is -2.08. The summed E-state index contributed by atoms with van der Waals surface area (Å²) < 4.78 is 21.6. The quantitative estimate of drug-likeness (QED) is 0.249. The SMILES string of the molecule is C#CC(C)(C)C=CCCO[P+](=O)OCCC=CC(C)(C)C#C. The van der Waals surface area contributed by atoms with Gasteiger partial charge in [-0.2, -0.15) is 0 Å². The number of allylic oxidation sites excluding steroid dienone is 2. The third-order valence-electron chi connectivity index (χ3n) is 2.78. The molecule has 0 saturated heterocycles. The lowest BCUT2D eigenvalue weighted by atomic mass is 9.94. The molecular formula is C18H26O3P+. The first-order chi connectivity index (χ1) is 10.2. The maximum atomic E-state index is 11.5. The average molecular weight is 321 g/mol. The van der Waals surface area contributed by atoms with Gasteiger partial charge in [0, 0.05) is 15.4 Å². The Bertz CT molecular complexity index is 443. The minimum absolute atomic E-state index is 0.267. The zero-order chi connectivity index (χ0) is 17.1. The van der Waals surface area contributed by atoms with Crippen molar-refractivity contribution >= 4 is 8.25 Å². The number of hydrogen-bond acceptors (Lipinski definition) is 3. The van der Waals surface area contributed by atoms with Gasteiger partial charge in [-0.1, -0.05) is 36.1 Å². The van der Waals surface area contributed by atoms with Crippen LogP contribution in [0.4, 0.5) is 0 Å². The first kappa shape index (κ1) is 20.6. The third kappa shape index (κ3) is 11.3. The molecule has 4 heteroatoms. The summed E-state index contributed by atoms with van der Waals surface area (Å²) in [6.07, 6.45) is 19.7. The minimum Gasteiger partial charge on any atom is -0.119 e. The van der Waals surface area contributed by atoms with E-state index in [4.69, 9.17) is 21.9 Å². The fourth-order valence-corrected chi connectivity index (χ4v) is 1.86. The first-order valence-corrected chi connectivity index (χ1v) is 8.36. The van der Waals surface area contributed by atoms with E-state index < -0.39 is 8.25 Å². The highest BCUT2D eigenvalue weighted by molar-refractivity contribution is 7.33. The van der Waals surface area contributed by atoms with Gasteiger partial charge in [0.15, 0.2) is 0 Å². The van der Waals surface area contributed by atoms with E-state index >= 15 is 0 Å². The van der Waals surface area contributed by atoms with E-state index in [1.807, 2.05) is 52.0 Å². The molecule has 0 amide bonds. The molecule has 0 fully saturated rings. The maximum Gasteiger partial charge on any atom is 0.697 e. The summed E-state index contributed by atoms with van der Waals surface area (Å²) in [5.74, 6) is 5.33. The largest absolute Gasteiger partial charge is 0.697 e. The van der Waals surface area contributed by atoms with Gasteiger partial charge in [0.1, 0.15) is 13.2 Å². The maximum absolute atomic E-state index is 11.5. The van der Waals surface area contributed by atoms with Crippen LogP contribution in [0.2, 0.25) is 0 Å². The molecule has 120 valence electrons. The lowest BCUT2D eigenvalue weighted by Gasteiger charge is -2.09. The van der Waals surface area contributed by atoms with Gasteiger partial charge in [-0.05, 0) is 40.5 Å². The molecule has 0 spiro atoms. The molecule has 22 heavy (non-hydrogen) atoms. The van der Waals surface area contributed by atoms with Gasteiger partial charge < -0.3 is 0 Å². The van der Waals surface area contributed by atoms with Crippen LogP contribution in [0.15, 0.2) is 24.3 Å². The van der Waals surface area contributed by atoms with Crippen LogP contribution in [-0.2, 0) is 13.6 Å². The van der Waals surface area contributed by atoms with E-state index in [2.05, 4.69) is 11.8 Å². The standard InChI is InChI=1S/C18H26O3P/c1-7-17(3,4)13-9-11-15-20-22(19)21-16-12-10-14-18(5,6)8-2/h1-2,9-10,13-14H,11-12,15-16H2,3-6H3/q+1. The van der Waals surface area contributed by atoms with Crippen LogP contribution in [-0.4, -0.2) is 13.2 Å². The van der Waals surface area contributed by atoms with Crippen LogP contribution >= 0.6 is 8.25 Å². The van der Waals surface area contributed by atoms with Crippen LogP contribution < -0.4 is 0 Å². The Hall–Kier alpha value is -1.38. The molecule has 0 atom stereocenters. The summed E-state index contributed by atoms with van der Waals surface area (Å²) >= 11 is 0. The van der Waals surface area contributed by atoms with Crippen molar-refractivity contribution in [2.75, 3.05) is 13.2 Å². The van der Waals surface area contributed by atoms with Crippen LogP contribution in [0.25, 0.3) is 0 Å². The van der Waals surface area contributed by atoms with Gasteiger partial charge in [-0.3, -0.25) is 0 Å². The summed E-state index contributed by atoms with van der Waals surface area (Å²) in [5, 5.41) is 0. The van der Waals surface area contributed by atoms with Crippen molar-refractivity contribution < 1.29 is 13.6 Å². The lowest BCUT2D eigenvalue weighted by molar-refractivity contribution is 0.231. The van der Waals surface area contributed by atoms with Crippen molar-refractivity contribution in [1.82, 2.24) is 0 Å². The van der Waals surface area contributed by atoms with Crippen molar-refractivity contribution in [2.24, 2.45) is 10.8 Å². The van der Waals surface area contributed by atoms with Crippen LogP contribution in [0.5, 0.6) is 0 Å². The highest BCUT2D eigenvalue weighted by Crippen LogP contribution is 2.24. The fraction of sp³-hybridized carbons (Fsp3) is 0.556. The highest BCUT2D eigenvalue weighted by Gasteiger charge is 2.18. The normalized spacial score (nSPS) is 13.3. The predicted octanol–water partition coefficient (Wildman–Crippen LogP) is 4.89. The van der Waals surface area contributed by atoms with Crippen LogP contribution in [0.3, 0.4) is 0 Å². The Morgan fingerprint density at radius 1 is 0.909 bits per heavy atom. The predicted molar refractivity (Wildman–Crippen MR) is 92.3 cm³/mol. The Kier molecular flexibility index (Phi) is 9.71.